The molecule has 0 fully saturated rings. The highest BCUT2D eigenvalue weighted by molar-refractivity contribution is 5.94. The van der Waals surface area contributed by atoms with Crippen LogP contribution in [-0.2, 0) is 0 Å². The number of methoxy groups -OCH3 is 1. The second kappa shape index (κ2) is 4.79. The summed E-state index contributed by atoms with van der Waals surface area (Å²) in [5.41, 5.74) is 7.87. The summed E-state index contributed by atoms with van der Waals surface area (Å²) in [6, 6.07) is 12.4. The number of ether oxygens (including phenoxy) is 1. The zero-order valence-corrected chi connectivity index (χ0v) is 9.88. The Morgan fingerprint density at radius 1 is 1.17 bits per heavy atom. The number of anilines is 1. The number of benzene rings is 2. The van der Waals surface area contributed by atoms with Gasteiger partial charge in [0, 0.05) is 5.69 Å². The van der Waals surface area contributed by atoms with Crippen LogP contribution in [0.25, 0.3) is 11.1 Å². The van der Waals surface area contributed by atoms with Crippen LogP contribution < -0.4 is 10.5 Å². The molecule has 0 saturated heterocycles. The minimum absolute atomic E-state index is 0.113. The summed E-state index contributed by atoms with van der Waals surface area (Å²) in [7, 11) is 1.60. The lowest BCUT2D eigenvalue weighted by molar-refractivity contribution is 0.0698. The molecule has 0 spiro atoms. The van der Waals surface area contributed by atoms with Crippen molar-refractivity contribution >= 4 is 11.7 Å². The third-order valence-corrected chi connectivity index (χ3v) is 2.69. The molecule has 0 aliphatic heterocycles. The molecule has 4 nitrogen and oxygen atoms in total. The summed E-state index contributed by atoms with van der Waals surface area (Å²) >= 11 is 0. The maximum Gasteiger partial charge on any atom is 0.337 e. The van der Waals surface area contributed by atoms with Crippen LogP contribution in [0.4, 0.5) is 5.69 Å². The maximum atomic E-state index is 10.9. The third kappa shape index (κ3) is 2.27. The van der Waals surface area contributed by atoms with Gasteiger partial charge in [0.1, 0.15) is 5.75 Å². The summed E-state index contributed by atoms with van der Waals surface area (Å²) in [5, 5.41) is 8.91. The van der Waals surface area contributed by atoms with Gasteiger partial charge in [-0.05, 0) is 35.4 Å². The number of aromatic carboxylic acids is 1. The van der Waals surface area contributed by atoms with Gasteiger partial charge in [-0.25, -0.2) is 4.79 Å². The van der Waals surface area contributed by atoms with Crippen LogP contribution in [0, 0.1) is 0 Å². The lowest BCUT2D eigenvalue weighted by atomic mass is 10.0. The summed E-state index contributed by atoms with van der Waals surface area (Å²) in [6.45, 7) is 0. The molecular weight excluding hydrogens is 230 g/mol. The van der Waals surface area contributed by atoms with Gasteiger partial charge >= 0.3 is 5.97 Å². The van der Waals surface area contributed by atoms with Crippen molar-refractivity contribution in [1.82, 2.24) is 0 Å². The Hall–Kier alpha value is -2.49. The van der Waals surface area contributed by atoms with Crippen molar-refractivity contribution in [2.45, 2.75) is 0 Å². The average molecular weight is 243 g/mol. The van der Waals surface area contributed by atoms with E-state index in [-0.39, 0.29) is 11.3 Å². The molecule has 4 heteroatoms. The van der Waals surface area contributed by atoms with Gasteiger partial charge in [0.15, 0.2) is 0 Å². The number of carboxylic acids is 1. The molecule has 2 aromatic rings. The Morgan fingerprint density at radius 3 is 2.50 bits per heavy atom. The molecule has 0 atom stereocenters. The fourth-order valence-corrected chi connectivity index (χ4v) is 1.74. The van der Waals surface area contributed by atoms with Crippen molar-refractivity contribution in [3.8, 4) is 16.9 Å². The normalized spacial score (nSPS) is 10.1. The molecule has 0 unspecified atom stereocenters. The molecule has 2 aromatic carbocycles. The maximum absolute atomic E-state index is 10.9. The molecule has 0 aliphatic rings. The van der Waals surface area contributed by atoms with E-state index >= 15 is 0 Å². The molecule has 92 valence electrons. The summed E-state index contributed by atoms with van der Waals surface area (Å²) < 4.78 is 5.14. The van der Waals surface area contributed by atoms with Crippen molar-refractivity contribution in [2.75, 3.05) is 12.8 Å². The first kappa shape index (κ1) is 12.0. The number of hydrogen-bond acceptors (Lipinski definition) is 3. The Kier molecular flexibility index (Phi) is 3.19. The van der Waals surface area contributed by atoms with Crippen molar-refractivity contribution < 1.29 is 14.6 Å². The Balaban J connectivity index is 2.45. The van der Waals surface area contributed by atoms with Crippen LogP contribution in [0.1, 0.15) is 10.4 Å². The second-order valence-electron chi connectivity index (χ2n) is 3.84. The van der Waals surface area contributed by atoms with Gasteiger partial charge in [0.05, 0.1) is 12.7 Å². The van der Waals surface area contributed by atoms with Gasteiger partial charge in [-0.15, -0.1) is 0 Å². The first-order chi connectivity index (χ1) is 8.61. The lowest BCUT2D eigenvalue weighted by Gasteiger charge is -2.07. The van der Waals surface area contributed by atoms with E-state index in [1.165, 1.54) is 6.07 Å². The number of carbonyl (C=O) groups is 1. The van der Waals surface area contributed by atoms with Crippen LogP contribution in [-0.4, -0.2) is 18.2 Å². The quantitative estimate of drug-likeness (QED) is 0.813. The molecule has 2 rings (SSSR count). The van der Waals surface area contributed by atoms with E-state index in [2.05, 4.69) is 0 Å². The second-order valence-corrected chi connectivity index (χ2v) is 3.84. The molecule has 0 radical (unpaired) electrons. The van der Waals surface area contributed by atoms with Crippen molar-refractivity contribution in [2.24, 2.45) is 0 Å². The van der Waals surface area contributed by atoms with E-state index in [1.54, 1.807) is 19.2 Å². The monoisotopic (exact) mass is 243 g/mol. The van der Waals surface area contributed by atoms with E-state index < -0.39 is 5.97 Å². The number of nitrogen functional groups attached to an aromatic ring is 1. The fourth-order valence-electron chi connectivity index (χ4n) is 1.74. The molecule has 0 aliphatic carbocycles. The highest BCUT2D eigenvalue weighted by atomic mass is 16.5. The molecule has 0 saturated carbocycles. The highest BCUT2D eigenvalue weighted by Gasteiger charge is 2.09. The molecular formula is C14H13NO3. The number of carboxylic acid groups (broad SMARTS) is 1. The summed E-state index contributed by atoms with van der Waals surface area (Å²) in [5.74, 6) is -0.280. The van der Waals surface area contributed by atoms with Crippen LogP contribution in [0.5, 0.6) is 5.75 Å². The van der Waals surface area contributed by atoms with E-state index in [9.17, 15) is 4.79 Å². The number of hydrogen-bond donors (Lipinski definition) is 2. The third-order valence-electron chi connectivity index (χ3n) is 2.69. The van der Waals surface area contributed by atoms with Crippen molar-refractivity contribution in [1.29, 1.82) is 0 Å². The lowest BCUT2D eigenvalue weighted by Crippen LogP contribution is -2.02. The molecule has 0 aromatic heterocycles. The topological polar surface area (TPSA) is 72.5 Å². The fraction of sp³-hybridized carbons (Fsp3) is 0.0714. The minimum atomic E-state index is -1.02. The summed E-state index contributed by atoms with van der Waals surface area (Å²) in [6.07, 6.45) is 0. The zero-order valence-electron chi connectivity index (χ0n) is 9.88. The molecule has 0 heterocycles. The zero-order chi connectivity index (χ0) is 13.1. The molecule has 3 N–H and O–H groups in total. The van der Waals surface area contributed by atoms with Gasteiger partial charge in [-0.3, -0.25) is 0 Å². The predicted octanol–water partition coefficient (Wildman–Crippen LogP) is 2.64. The van der Waals surface area contributed by atoms with E-state index in [0.717, 1.165) is 16.9 Å². The van der Waals surface area contributed by atoms with Crippen LogP contribution >= 0.6 is 0 Å². The van der Waals surface area contributed by atoms with Crippen LogP contribution in [0.15, 0.2) is 42.5 Å². The minimum Gasteiger partial charge on any atom is -0.497 e. The first-order valence-corrected chi connectivity index (χ1v) is 5.39. The Bertz CT molecular complexity index is 593. The van der Waals surface area contributed by atoms with Gasteiger partial charge in [0.2, 0.25) is 0 Å². The van der Waals surface area contributed by atoms with Gasteiger partial charge in [-0.2, -0.15) is 0 Å². The van der Waals surface area contributed by atoms with Crippen LogP contribution in [0.3, 0.4) is 0 Å². The van der Waals surface area contributed by atoms with E-state index in [1.807, 2.05) is 24.3 Å². The highest BCUT2D eigenvalue weighted by Crippen LogP contribution is 2.26. The SMILES string of the molecule is COc1cccc(-c2ccc(C(=O)O)c(N)c2)c1. The largest absolute Gasteiger partial charge is 0.497 e. The predicted molar refractivity (Wildman–Crippen MR) is 69.8 cm³/mol. The number of nitrogens with two attached hydrogens (primary N) is 1. The van der Waals surface area contributed by atoms with E-state index in [0.29, 0.717) is 0 Å². The smallest absolute Gasteiger partial charge is 0.337 e. The van der Waals surface area contributed by atoms with Gasteiger partial charge < -0.3 is 15.6 Å². The van der Waals surface area contributed by atoms with Gasteiger partial charge in [0.25, 0.3) is 0 Å². The average Bonchev–Trinajstić information content (AvgIpc) is 2.38. The van der Waals surface area contributed by atoms with Crippen molar-refractivity contribution in [3.05, 3.63) is 48.0 Å². The molecule has 0 amide bonds. The first-order valence-electron chi connectivity index (χ1n) is 5.39. The standard InChI is InChI=1S/C14H13NO3/c1-18-11-4-2-3-9(7-11)10-5-6-12(14(16)17)13(15)8-10/h2-8H,15H2,1H3,(H,16,17). The number of rotatable bonds is 3. The Morgan fingerprint density at radius 2 is 1.89 bits per heavy atom. The van der Waals surface area contributed by atoms with Crippen LogP contribution in [0.2, 0.25) is 0 Å². The van der Waals surface area contributed by atoms with Crippen molar-refractivity contribution in [3.63, 3.8) is 0 Å². The van der Waals surface area contributed by atoms with E-state index in [4.69, 9.17) is 15.6 Å². The summed E-state index contributed by atoms with van der Waals surface area (Å²) in [4.78, 5) is 10.9. The molecule has 0 bridgehead atoms. The van der Waals surface area contributed by atoms with Gasteiger partial charge in [-0.1, -0.05) is 18.2 Å². The Labute approximate surface area is 105 Å². The molecule has 18 heavy (non-hydrogen) atoms.